The maximum absolute atomic E-state index is 11.4. The first-order valence-corrected chi connectivity index (χ1v) is 7.24. The van der Waals surface area contributed by atoms with Gasteiger partial charge in [-0.05, 0) is 41.5 Å². The zero-order chi connectivity index (χ0) is 15.8. The van der Waals surface area contributed by atoms with Gasteiger partial charge in [-0.3, -0.25) is 4.98 Å². The van der Waals surface area contributed by atoms with Gasteiger partial charge in [0.15, 0.2) is 11.5 Å². The average Bonchev–Trinajstić information content (AvgIpc) is 2.60. The van der Waals surface area contributed by atoms with Gasteiger partial charge in [0.25, 0.3) is 0 Å². The van der Waals surface area contributed by atoms with E-state index < -0.39 is 5.97 Å². The second kappa shape index (κ2) is 5.28. The average molecular weight is 307 g/mol. The SMILES string of the molecule is O=C(O)c1ccnc2ccc(-c3ccc4c(c3)OCCO4)cc12. The minimum atomic E-state index is -0.961. The van der Waals surface area contributed by atoms with Gasteiger partial charge in [0.2, 0.25) is 0 Å². The van der Waals surface area contributed by atoms with Gasteiger partial charge in [0.1, 0.15) is 13.2 Å². The van der Waals surface area contributed by atoms with Crippen LogP contribution in [0.25, 0.3) is 22.0 Å². The number of fused-ring (bicyclic) bond motifs is 2. The Balaban J connectivity index is 1.86. The predicted molar refractivity (Wildman–Crippen MR) is 85.1 cm³/mol. The van der Waals surface area contributed by atoms with Crippen LogP contribution < -0.4 is 9.47 Å². The summed E-state index contributed by atoms with van der Waals surface area (Å²) in [6.45, 7) is 1.08. The normalized spacial score (nSPS) is 13.0. The van der Waals surface area contributed by atoms with Gasteiger partial charge in [-0.25, -0.2) is 4.79 Å². The van der Waals surface area contributed by atoms with Gasteiger partial charge < -0.3 is 14.6 Å². The van der Waals surface area contributed by atoms with Crippen molar-refractivity contribution in [2.24, 2.45) is 0 Å². The third-order valence-corrected chi connectivity index (χ3v) is 3.85. The number of carboxylic acids is 1. The van der Waals surface area contributed by atoms with E-state index in [1.807, 2.05) is 36.4 Å². The summed E-state index contributed by atoms with van der Waals surface area (Å²) in [7, 11) is 0. The minimum absolute atomic E-state index is 0.245. The number of hydrogen-bond donors (Lipinski definition) is 1. The van der Waals surface area contributed by atoms with Crippen LogP contribution in [-0.4, -0.2) is 29.3 Å². The summed E-state index contributed by atoms with van der Waals surface area (Å²) in [6.07, 6.45) is 1.51. The minimum Gasteiger partial charge on any atom is -0.486 e. The van der Waals surface area contributed by atoms with Gasteiger partial charge in [-0.1, -0.05) is 12.1 Å². The molecule has 1 aliphatic rings. The van der Waals surface area contributed by atoms with Crippen molar-refractivity contribution in [1.82, 2.24) is 4.98 Å². The Morgan fingerprint density at radius 2 is 1.70 bits per heavy atom. The molecule has 0 radical (unpaired) electrons. The zero-order valence-electron chi connectivity index (χ0n) is 12.2. The highest BCUT2D eigenvalue weighted by Crippen LogP contribution is 2.35. The molecule has 3 aromatic rings. The van der Waals surface area contributed by atoms with Crippen molar-refractivity contribution in [1.29, 1.82) is 0 Å². The lowest BCUT2D eigenvalue weighted by molar-refractivity contribution is 0.0699. The van der Waals surface area contributed by atoms with Crippen molar-refractivity contribution < 1.29 is 19.4 Å². The maximum atomic E-state index is 11.4. The van der Waals surface area contributed by atoms with Gasteiger partial charge in [-0.15, -0.1) is 0 Å². The standard InChI is InChI=1S/C18H13NO4/c20-18(21)13-5-6-19-15-3-1-11(9-14(13)15)12-2-4-16-17(10-12)23-8-7-22-16/h1-6,9-10H,7-8H2,(H,20,21). The molecule has 0 bridgehead atoms. The zero-order valence-corrected chi connectivity index (χ0v) is 12.2. The second-order valence-electron chi connectivity index (χ2n) is 5.25. The molecule has 23 heavy (non-hydrogen) atoms. The van der Waals surface area contributed by atoms with E-state index in [0.717, 1.165) is 16.9 Å². The highest BCUT2D eigenvalue weighted by molar-refractivity contribution is 6.03. The monoisotopic (exact) mass is 307 g/mol. The summed E-state index contributed by atoms with van der Waals surface area (Å²) in [4.78, 5) is 15.6. The number of rotatable bonds is 2. The lowest BCUT2D eigenvalue weighted by Crippen LogP contribution is -2.15. The molecule has 1 N–H and O–H groups in total. The van der Waals surface area contributed by atoms with Crippen LogP contribution in [0.5, 0.6) is 11.5 Å². The highest BCUT2D eigenvalue weighted by Gasteiger charge is 2.14. The number of ether oxygens (including phenoxy) is 2. The first-order chi connectivity index (χ1) is 11.2. The quantitative estimate of drug-likeness (QED) is 0.786. The van der Waals surface area contributed by atoms with E-state index in [9.17, 15) is 9.90 Å². The predicted octanol–water partition coefficient (Wildman–Crippen LogP) is 3.37. The maximum Gasteiger partial charge on any atom is 0.336 e. The molecule has 4 rings (SSSR count). The molecule has 0 atom stereocenters. The van der Waals surface area contributed by atoms with Crippen LogP contribution in [0.15, 0.2) is 48.7 Å². The molecule has 0 fully saturated rings. The van der Waals surface area contributed by atoms with Crippen LogP contribution in [0, 0.1) is 0 Å². The molecule has 2 heterocycles. The third kappa shape index (κ3) is 2.36. The third-order valence-electron chi connectivity index (χ3n) is 3.85. The molecule has 0 spiro atoms. The van der Waals surface area contributed by atoms with E-state index in [0.29, 0.717) is 29.9 Å². The first-order valence-electron chi connectivity index (χ1n) is 7.24. The Morgan fingerprint density at radius 1 is 0.957 bits per heavy atom. The Labute approximate surface area is 132 Å². The molecule has 5 heteroatoms. The number of carboxylic acid groups (broad SMARTS) is 1. The van der Waals surface area contributed by atoms with Gasteiger partial charge in [-0.2, -0.15) is 0 Å². The molecular weight excluding hydrogens is 294 g/mol. The van der Waals surface area contributed by atoms with Crippen LogP contribution >= 0.6 is 0 Å². The number of benzene rings is 2. The van der Waals surface area contributed by atoms with Crippen molar-refractivity contribution in [3.05, 3.63) is 54.2 Å². The van der Waals surface area contributed by atoms with Crippen molar-refractivity contribution in [2.75, 3.05) is 13.2 Å². The topological polar surface area (TPSA) is 68.7 Å². The molecule has 0 saturated heterocycles. The molecule has 114 valence electrons. The van der Waals surface area contributed by atoms with E-state index in [1.54, 1.807) is 0 Å². The Bertz CT molecular complexity index is 920. The summed E-state index contributed by atoms with van der Waals surface area (Å²) >= 11 is 0. The summed E-state index contributed by atoms with van der Waals surface area (Å²) in [5.74, 6) is 0.476. The van der Waals surface area contributed by atoms with Gasteiger partial charge >= 0.3 is 5.97 Å². The number of nitrogens with zero attached hydrogens (tertiary/aromatic N) is 1. The van der Waals surface area contributed by atoms with Crippen LogP contribution in [0.4, 0.5) is 0 Å². The molecule has 1 aromatic heterocycles. The van der Waals surface area contributed by atoms with Crippen LogP contribution in [-0.2, 0) is 0 Å². The first kappa shape index (κ1) is 13.6. The van der Waals surface area contributed by atoms with E-state index in [1.165, 1.54) is 12.3 Å². The van der Waals surface area contributed by atoms with E-state index in [-0.39, 0.29) is 5.56 Å². The molecule has 0 unspecified atom stereocenters. The number of aromatic carboxylic acids is 1. The van der Waals surface area contributed by atoms with E-state index >= 15 is 0 Å². The number of carbonyl (C=O) groups is 1. The molecule has 0 amide bonds. The Morgan fingerprint density at radius 3 is 2.52 bits per heavy atom. The highest BCUT2D eigenvalue weighted by atomic mass is 16.6. The number of pyridine rings is 1. The summed E-state index contributed by atoms with van der Waals surface area (Å²) < 4.78 is 11.1. The van der Waals surface area contributed by atoms with Gasteiger partial charge in [0.05, 0.1) is 11.1 Å². The molecule has 5 nitrogen and oxygen atoms in total. The van der Waals surface area contributed by atoms with Crippen molar-refractivity contribution in [3.8, 4) is 22.6 Å². The molecular formula is C18H13NO4. The lowest BCUT2D eigenvalue weighted by Gasteiger charge is -2.19. The van der Waals surface area contributed by atoms with Crippen molar-refractivity contribution in [3.63, 3.8) is 0 Å². The molecule has 2 aromatic carbocycles. The van der Waals surface area contributed by atoms with Gasteiger partial charge in [0, 0.05) is 11.6 Å². The molecule has 1 aliphatic heterocycles. The fourth-order valence-electron chi connectivity index (χ4n) is 2.74. The summed E-state index contributed by atoms with van der Waals surface area (Å²) in [6, 6.07) is 12.8. The van der Waals surface area contributed by atoms with Crippen molar-refractivity contribution >= 4 is 16.9 Å². The number of hydrogen-bond acceptors (Lipinski definition) is 4. The lowest BCUT2D eigenvalue weighted by atomic mass is 10.0. The summed E-state index contributed by atoms with van der Waals surface area (Å²) in [5, 5.41) is 9.96. The number of aromatic nitrogens is 1. The largest absolute Gasteiger partial charge is 0.486 e. The fourth-order valence-corrected chi connectivity index (χ4v) is 2.74. The van der Waals surface area contributed by atoms with Crippen LogP contribution in [0.3, 0.4) is 0 Å². The Hall–Kier alpha value is -3.08. The fraction of sp³-hybridized carbons (Fsp3) is 0.111. The smallest absolute Gasteiger partial charge is 0.336 e. The molecule has 0 aliphatic carbocycles. The van der Waals surface area contributed by atoms with E-state index in [2.05, 4.69) is 4.98 Å². The van der Waals surface area contributed by atoms with E-state index in [4.69, 9.17) is 9.47 Å². The van der Waals surface area contributed by atoms with Crippen molar-refractivity contribution in [2.45, 2.75) is 0 Å². The van der Waals surface area contributed by atoms with Crippen LogP contribution in [0.2, 0.25) is 0 Å². The Kier molecular flexibility index (Phi) is 3.12. The second-order valence-corrected chi connectivity index (χ2v) is 5.25. The summed E-state index contributed by atoms with van der Waals surface area (Å²) in [5.41, 5.74) is 2.75. The van der Waals surface area contributed by atoms with Crippen LogP contribution in [0.1, 0.15) is 10.4 Å². The molecule has 0 saturated carbocycles.